The zero-order valence-electron chi connectivity index (χ0n) is 20.1. The Morgan fingerprint density at radius 1 is 1.20 bits per heavy atom. The van der Waals surface area contributed by atoms with E-state index in [9.17, 15) is 9.59 Å². The molecule has 0 aromatic rings. The first-order valence-electron chi connectivity index (χ1n) is 11.6. The van der Waals surface area contributed by atoms with E-state index in [-0.39, 0.29) is 17.9 Å². The summed E-state index contributed by atoms with van der Waals surface area (Å²) >= 11 is 0. The fraction of sp³-hybridized carbons (Fsp3) is 0.833. The molecule has 174 valence electrons. The summed E-state index contributed by atoms with van der Waals surface area (Å²) in [5.74, 6) is 1.62. The quantitative estimate of drug-likeness (QED) is 0.430. The van der Waals surface area contributed by atoms with Gasteiger partial charge in [-0.3, -0.25) is 4.79 Å². The van der Waals surface area contributed by atoms with Gasteiger partial charge in [0.1, 0.15) is 11.6 Å². The summed E-state index contributed by atoms with van der Waals surface area (Å²) in [7, 11) is 0. The molecule has 1 aliphatic carbocycles. The number of nitrogens with one attached hydrogen (secondary N) is 3. The number of carbonyl (C=O) groups is 2. The lowest BCUT2D eigenvalue weighted by atomic mass is 9.82. The molecule has 0 radical (unpaired) electrons. The summed E-state index contributed by atoms with van der Waals surface area (Å²) in [6, 6.07) is -0.669. The Balaban J connectivity index is 2.59. The second-order valence-corrected chi connectivity index (χ2v) is 10.4. The van der Waals surface area contributed by atoms with E-state index in [2.05, 4.69) is 29.5 Å². The Morgan fingerprint density at radius 2 is 1.90 bits per heavy atom. The third-order valence-electron chi connectivity index (χ3n) is 5.38. The molecule has 0 aliphatic heterocycles. The van der Waals surface area contributed by atoms with Gasteiger partial charge in [-0.15, -0.1) is 6.58 Å². The molecule has 1 rings (SSSR count). The molecule has 0 heterocycles. The highest BCUT2D eigenvalue weighted by molar-refractivity contribution is 5.85. The van der Waals surface area contributed by atoms with E-state index in [0.717, 1.165) is 18.4 Å². The summed E-state index contributed by atoms with van der Waals surface area (Å²) in [6.45, 7) is 17.3. The molecule has 3 N–H and O–H groups in total. The standard InChI is InChI=1S/C24H45N3O3/c1-8-10-20(16-25-15-19-12-9-11-18(4)14-19)26-22(28)21(13-17(2)3)27-23(29)30-24(5,6)7/h8,17-21,25H,1,9-16H2,2-7H3,(H,26,28)(H,27,29)/t18-,19+,20+,21-/m1/s1. The van der Waals surface area contributed by atoms with Gasteiger partial charge in [0.2, 0.25) is 5.91 Å². The average Bonchev–Trinajstić information content (AvgIpc) is 2.59. The molecule has 1 aliphatic rings. The van der Waals surface area contributed by atoms with Crippen LogP contribution in [0.5, 0.6) is 0 Å². The van der Waals surface area contributed by atoms with Crippen LogP contribution in [0.1, 0.15) is 80.1 Å². The van der Waals surface area contributed by atoms with Gasteiger partial charge < -0.3 is 20.7 Å². The van der Waals surface area contributed by atoms with Gasteiger partial charge in [-0.2, -0.15) is 0 Å². The molecule has 2 amide bonds. The lowest BCUT2D eigenvalue weighted by molar-refractivity contribution is -0.124. The van der Waals surface area contributed by atoms with E-state index in [1.165, 1.54) is 25.7 Å². The van der Waals surface area contributed by atoms with Crippen LogP contribution in [0.4, 0.5) is 4.79 Å². The van der Waals surface area contributed by atoms with Crippen molar-refractivity contribution in [3.63, 3.8) is 0 Å². The molecular formula is C24H45N3O3. The zero-order chi connectivity index (χ0) is 22.7. The normalized spacial score (nSPS) is 21.6. The van der Waals surface area contributed by atoms with Crippen molar-refractivity contribution in [2.24, 2.45) is 17.8 Å². The fourth-order valence-corrected chi connectivity index (χ4v) is 4.06. The largest absolute Gasteiger partial charge is 0.444 e. The smallest absolute Gasteiger partial charge is 0.408 e. The number of ether oxygens (including phenoxy) is 1. The van der Waals surface area contributed by atoms with Crippen LogP contribution in [0, 0.1) is 17.8 Å². The molecule has 6 nitrogen and oxygen atoms in total. The van der Waals surface area contributed by atoms with Crippen molar-refractivity contribution in [2.45, 2.75) is 97.8 Å². The van der Waals surface area contributed by atoms with Gasteiger partial charge in [-0.1, -0.05) is 39.7 Å². The van der Waals surface area contributed by atoms with Gasteiger partial charge in [0.15, 0.2) is 0 Å². The summed E-state index contributed by atoms with van der Waals surface area (Å²) in [4.78, 5) is 25.1. The summed E-state index contributed by atoms with van der Waals surface area (Å²) < 4.78 is 5.33. The first-order chi connectivity index (χ1) is 14.0. The number of carbonyl (C=O) groups excluding carboxylic acids is 2. The molecule has 4 atom stereocenters. The molecule has 0 saturated heterocycles. The van der Waals surface area contributed by atoms with Crippen LogP contribution in [-0.2, 0) is 9.53 Å². The van der Waals surface area contributed by atoms with Gasteiger partial charge in [-0.05, 0) is 70.8 Å². The van der Waals surface area contributed by atoms with Crippen LogP contribution in [0.2, 0.25) is 0 Å². The summed E-state index contributed by atoms with van der Waals surface area (Å²) in [6.07, 6.45) is 7.72. The van der Waals surface area contributed by atoms with Crippen molar-refractivity contribution < 1.29 is 14.3 Å². The molecule has 6 heteroatoms. The van der Waals surface area contributed by atoms with Gasteiger partial charge >= 0.3 is 6.09 Å². The number of rotatable bonds is 11. The molecule has 1 fully saturated rings. The molecule has 0 aromatic heterocycles. The Hall–Kier alpha value is -1.56. The molecular weight excluding hydrogens is 378 g/mol. The van der Waals surface area contributed by atoms with E-state index in [0.29, 0.717) is 19.4 Å². The molecule has 0 aromatic carbocycles. The van der Waals surface area contributed by atoms with E-state index < -0.39 is 17.7 Å². The lowest BCUT2D eigenvalue weighted by Gasteiger charge is -2.28. The van der Waals surface area contributed by atoms with E-state index >= 15 is 0 Å². The highest BCUT2D eigenvalue weighted by Gasteiger charge is 2.26. The van der Waals surface area contributed by atoms with Gasteiger partial charge in [0.25, 0.3) is 0 Å². The number of alkyl carbamates (subject to hydrolysis) is 1. The van der Waals surface area contributed by atoms with E-state index in [1.807, 2.05) is 40.7 Å². The van der Waals surface area contributed by atoms with Crippen LogP contribution in [0.3, 0.4) is 0 Å². The third-order valence-corrected chi connectivity index (χ3v) is 5.38. The van der Waals surface area contributed by atoms with Crippen LogP contribution in [0.25, 0.3) is 0 Å². The highest BCUT2D eigenvalue weighted by atomic mass is 16.6. The van der Waals surface area contributed by atoms with Crippen molar-refractivity contribution >= 4 is 12.0 Å². The molecule has 1 saturated carbocycles. The third kappa shape index (κ3) is 11.6. The minimum Gasteiger partial charge on any atom is -0.444 e. The minimum absolute atomic E-state index is 0.0499. The fourth-order valence-electron chi connectivity index (χ4n) is 4.06. The average molecular weight is 424 g/mol. The predicted octanol–water partition coefficient (Wildman–Crippen LogP) is 4.40. The zero-order valence-corrected chi connectivity index (χ0v) is 20.1. The Kier molecular flexibility index (Phi) is 11.5. The lowest BCUT2D eigenvalue weighted by Crippen LogP contribution is -2.53. The maximum absolute atomic E-state index is 12.9. The SMILES string of the molecule is C=CC[C@@H](CNC[C@H]1CCC[C@@H](C)C1)NC(=O)[C@@H](CC(C)C)NC(=O)OC(C)(C)C. The van der Waals surface area contributed by atoms with Crippen molar-refractivity contribution in [3.05, 3.63) is 12.7 Å². The van der Waals surface area contributed by atoms with Crippen LogP contribution < -0.4 is 16.0 Å². The Labute approximate surface area is 184 Å². The van der Waals surface area contributed by atoms with Crippen LogP contribution >= 0.6 is 0 Å². The number of amides is 2. The van der Waals surface area contributed by atoms with E-state index in [4.69, 9.17) is 4.74 Å². The molecule has 0 unspecified atom stereocenters. The van der Waals surface area contributed by atoms with Gasteiger partial charge in [0, 0.05) is 12.6 Å². The molecule has 0 spiro atoms. The number of hydrogen-bond donors (Lipinski definition) is 3. The monoisotopic (exact) mass is 423 g/mol. The second-order valence-electron chi connectivity index (χ2n) is 10.4. The minimum atomic E-state index is -0.619. The first-order valence-corrected chi connectivity index (χ1v) is 11.6. The first kappa shape index (κ1) is 26.5. The van der Waals surface area contributed by atoms with Crippen LogP contribution in [-0.4, -0.2) is 42.8 Å². The highest BCUT2D eigenvalue weighted by Crippen LogP contribution is 2.27. The molecule has 30 heavy (non-hydrogen) atoms. The van der Waals surface area contributed by atoms with Crippen molar-refractivity contribution in [2.75, 3.05) is 13.1 Å². The summed E-state index contributed by atoms with van der Waals surface area (Å²) in [5.41, 5.74) is -0.602. The van der Waals surface area contributed by atoms with Gasteiger partial charge in [-0.25, -0.2) is 4.79 Å². The van der Waals surface area contributed by atoms with E-state index in [1.54, 1.807) is 0 Å². The summed E-state index contributed by atoms with van der Waals surface area (Å²) in [5, 5.41) is 9.38. The van der Waals surface area contributed by atoms with Crippen molar-refractivity contribution in [3.8, 4) is 0 Å². The van der Waals surface area contributed by atoms with Crippen molar-refractivity contribution in [1.82, 2.24) is 16.0 Å². The Morgan fingerprint density at radius 3 is 2.47 bits per heavy atom. The molecule has 0 bridgehead atoms. The van der Waals surface area contributed by atoms with Crippen LogP contribution in [0.15, 0.2) is 12.7 Å². The second kappa shape index (κ2) is 13.0. The Bertz CT molecular complexity index is 542. The number of hydrogen-bond acceptors (Lipinski definition) is 4. The maximum Gasteiger partial charge on any atom is 0.408 e. The topological polar surface area (TPSA) is 79.5 Å². The maximum atomic E-state index is 12.9. The van der Waals surface area contributed by atoms with Gasteiger partial charge in [0.05, 0.1) is 0 Å². The van der Waals surface area contributed by atoms with Crippen molar-refractivity contribution in [1.29, 1.82) is 0 Å². The predicted molar refractivity (Wildman–Crippen MR) is 123 cm³/mol.